The molecule has 4 heteroatoms. The molecule has 4 rings (SSSR count). The monoisotopic (exact) mass is 396 g/mol. The maximum atomic E-state index is 6.01. The average molecular weight is 397 g/mol. The van der Waals surface area contributed by atoms with Gasteiger partial charge in [-0.25, -0.2) is 0 Å². The minimum absolute atomic E-state index is 0.631. The van der Waals surface area contributed by atoms with Crippen molar-refractivity contribution in [3.05, 3.63) is 88.2 Å². The van der Waals surface area contributed by atoms with Gasteiger partial charge < -0.3 is 0 Å². The first-order valence-corrected chi connectivity index (χ1v) is 10.1. The van der Waals surface area contributed by atoms with Gasteiger partial charge in [0, 0.05) is 22.8 Å². The molecule has 2 nitrogen and oxygen atoms in total. The van der Waals surface area contributed by atoms with Gasteiger partial charge in [-0.05, 0) is 84.9 Å². The Morgan fingerprint density at radius 3 is 2.11 bits per heavy atom. The van der Waals surface area contributed by atoms with Crippen LogP contribution in [0.2, 0.25) is 10.0 Å². The summed E-state index contributed by atoms with van der Waals surface area (Å²) in [7, 11) is 0. The summed E-state index contributed by atoms with van der Waals surface area (Å²) in [5.74, 6) is 0.631. The molecular weight excluding hydrogens is 375 g/mol. The number of benzene rings is 2. The Balaban J connectivity index is 1.38. The second-order valence-corrected chi connectivity index (χ2v) is 8.02. The van der Waals surface area contributed by atoms with Crippen LogP contribution >= 0.6 is 23.2 Å². The van der Waals surface area contributed by atoms with E-state index in [1.165, 1.54) is 29.5 Å². The Kier molecular flexibility index (Phi) is 5.77. The molecule has 0 unspecified atom stereocenters. The summed E-state index contributed by atoms with van der Waals surface area (Å²) in [5.41, 5.74) is 4.88. The molecule has 1 saturated heterocycles. The minimum atomic E-state index is 0.631. The molecule has 1 aliphatic rings. The predicted molar refractivity (Wildman–Crippen MR) is 113 cm³/mol. The van der Waals surface area contributed by atoms with Gasteiger partial charge in [0.1, 0.15) is 0 Å². The van der Waals surface area contributed by atoms with Crippen LogP contribution in [0.3, 0.4) is 0 Å². The lowest BCUT2D eigenvalue weighted by Gasteiger charge is -2.32. The van der Waals surface area contributed by atoms with Gasteiger partial charge in [0.2, 0.25) is 0 Å². The highest BCUT2D eigenvalue weighted by Gasteiger charge is 2.21. The third-order valence-corrected chi connectivity index (χ3v) is 5.81. The molecule has 0 radical (unpaired) electrons. The molecule has 2 aromatic carbocycles. The molecule has 0 N–H and O–H groups in total. The van der Waals surface area contributed by atoms with Crippen LogP contribution in [0, 0.1) is 0 Å². The van der Waals surface area contributed by atoms with Gasteiger partial charge >= 0.3 is 0 Å². The SMILES string of the molecule is Clc1ccc(-c2ccnc(CN3CCC(c4ccc(Cl)cc4)CC3)c2)cc1. The molecule has 2 heterocycles. The fraction of sp³-hybridized carbons (Fsp3) is 0.261. The van der Waals surface area contributed by atoms with Crippen LogP contribution in [0.5, 0.6) is 0 Å². The predicted octanol–water partition coefficient (Wildman–Crippen LogP) is 6.44. The molecule has 3 aromatic rings. The van der Waals surface area contributed by atoms with E-state index < -0.39 is 0 Å². The molecular formula is C23H22Cl2N2. The maximum absolute atomic E-state index is 6.01. The second-order valence-electron chi connectivity index (χ2n) is 7.14. The fourth-order valence-corrected chi connectivity index (χ4v) is 4.03. The highest BCUT2D eigenvalue weighted by Crippen LogP contribution is 2.29. The average Bonchev–Trinajstić information content (AvgIpc) is 2.70. The largest absolute Gasteiger partial charge is 0.297 e. The molecule has 27 heavy (non-hydrogen) atoms. The molecule has 0 amide bonds. The van der Waals surface area contributed by atoms with Crippen LogP contribution in [0.1, 0.15) is 30.0 Å². The number of rotatable bonds is 4. The lowest BCUT2D eigenvalue weighted by Crippen LogP contribution is -2.32. The molecule has 1 aromatic heterocycles. The maximum Gasteiger partial charge on any atom is 0.0550 e. The topological polar surface area (TPSA) is 16.1 Å². The zero-order valence-electron chi connectivity index (χ0n) is 15.1. The quantitative estimate of drug-likeness (QED) is 0.504. The van der Waals surface area contributed by atoms with E-state index in [4.69, 9.17) is 23.2 Å². The molecule has 0 aliphatic carbocycles. The Labute approximate surface area is 170 Å². The molecule has 1 fully saturated rings. The number of halogens is 2. The van der Waals surface area contributed by atoms with Crippen molar-refractivity contribution in [2.75, 3.05) is 13.1 Å². The number of pyridine rings is 1. The van der Waals surface area contributed by atoms with Crippen molar-refractivity contribution in [3.63, 3.8) is 0 Å². The van der Waals surface area contributed by atoms with Crippen molar-refractivity contribution < 1.29 is 0 Å². The highest BCUT2D eigenvalue weighted by atomic mass is 35.5. The van der Waals surface area contributed by atoms with Gasteiger partial charge in [-0.15, -0.1) is 0 Å². The number of hydrogen-bond donors (Lipinski definition) is 0. The lowest BCUT2D eigenvalue weighted by atomic mass is 9.89. The van der Waals surface area contributed by atoms with Crippen molar-refractivity contribution >= 4 is 23.2 Å². The number of hydrogen-bond acceptors (Lipinski definition) is 2. The van der Waals surface area contributed by atoms with E-state index in [1.54, 1.807) is 0 Å². The third-order valence-electron chi connectivity index (χ3n) is 5.31. The summed E-state index contributed by atoms with van der Waals surface area (Å²) in [6.07, 6.45) is 4.26. The second kappa shape index (κ2) is 8.43. The Bertz CT molecular complexity index is 883. The highest BCUT2D eigenvalue weighted by molar-refractivity contribution is 6.30. The van der Waals surface area contributed by atoms with Gasteiger partial charge in [-0.1, -0.05) is 47.5 Å². The molecule has 0 saturated carbocycles. The molecule has 0 bridgehead atoms. The van der Waals surface area contributed by atoms with E-state index in [-0.39, 0.29) is 0 Å². The van der Waals surface area contributed by atoms with Gasteiger partial charge in [-0.2, -0.15) is 0 Å². The summed E-state index contributed by atoms with van der Waals surface area (Å²) in [6, 6.07) is 20.5. The van der Waals surface area contributed by atoms with E-state index in [0.717, 1.165) is 35.4 Å². The summed E-state index contributed by atoms with van der Waals surface area (Å²) >= 11 is 12.0. The van der Waals surface area contributed by atoms with Crippen LogP contribution in [0.25, 0.3) is 11.1 Å². The minimum Gasteiger partial charge on any atom is -0.297 e. The third kappa shape index (κ3) is 4.70. The van der Waals surface area contributed by atoms with Crippen LogP contribution in [0.4, 0.5) is 0 Å². The first kappa shape index (κ1) is 18.5. The summed E-state index contributed by atoms with van der Waals surface area (Å²) in [4.78, 5) is 7.08. The molecule has 0 spiro atoms. The fourth-order valence-electron chi connectivity index (χ4n) is 3.78. The van der Waals surface area contributed by atoms with Crippen molar-refractivity contribution in [2.24, 2.45) is 0 Å². The molecule has 0 atom stereocenters. The van der Waals surface area contributed by atoms with E-state index in [9.17, 15) is 0 Å². The van der Waals surface area contributed by atoms with Crippen molar-refractivity contribution in [1.29, 1.82) is 0 Å². The standard InChI is InChI=1S/C23H22Cl2N2/c24-21-5-1-17(2-6-21)19-10-13-27(14-11-19)16-23-15-20(9-12-26-23)18-3-7-22(25)8-4-18/h1-9,12,15,19H,10-11,13-14,16H2. The van der Waals surface area contributed by atoms with E-state index in [0.29, 0.717) is 5.92 Å². The summed E-state index contributed by atoms with van der Waals surface area (Å²) < 4.78 is 0. The van der Waals surface area contributed by atoms with Gasteiger partial charge in [-0.3, -0.25) is 9.88 Å². The van der Waals surface area contributed by atoms with E-state index in [2.05, 4.69) is 46.3 Å². The Morgan fingerprint density at radius 1 is 0.815 bits per heavy atom. The number of likely N-dealkylation sites (tertiary alicyclic amines) is 1. The normalized spacial score (nSPS) is 15.8. The van der Waals surface area contributed by atoms with Crippen LogP contribution < -0.4 is 0 Å². The van der Waals surface area contributed by atoms with Gasteiger partial charge in [0.05, 0.1) is 5.69 Å². The first-order chi connectivity index (χ1) is 13.2. The molecule has 1 aliphatic heterocycles. The smallest absolute Gasteiger partial charge is 0.0550 e. The summed E-state index contributed by atoms with van der Waals surface area (Å²) in [6.45, 7) is 3.09. The van der Waals surface area contributed by atoms with E-state index in [1.807, 2.05) is 30.5 Å². The zero-order chi connectivity index (χ0) is 18.6. The van der Waals surface area contributed by atoms with Crippen LogP contribution in [-0.2, 0) is 6.54 Å². The number of nitrogens with zero attached hydrogens (tertiary/aromatic N) is 2. The van der Waals surface area contributed by atoms with Crippen LogP contribution in [0.15, 0.2) is 66.9 Å². The molecule has 138 valence electrons. The van der Waals surface area contributed by atoms with Crippen molar-refractivity contribution in [2.45, 2.75) is 25.3 Å². The first-order valence-electron chi connectivity index (χ1n) is 9.36. The Morgan fingerprint density at radius 2 is 1.44 bits per heavy atom. The summed E-state index contributed by atoms with van der Waals surface area (Å²) in [5, 5.41) is 1.57. The lowest BCUT2D eigenvalue weighted by molar-refractivity contribution is 0.202. The van der Waals surface area contributed by atoms with Crippen molar-refractivity contribution in [1.82, 2.24) is 9.88 Å². The van der Waals surface area contributed by atoms with E-state index >= 15 is 0 Å². The Hall–Kier alpha value is -1.87. The number of aromatic nitrogens is 1. The van der Waals surface area contributed by atoms with Gasteiger partial charge in [0.25, 0.3) is 0 Å². The van der Waals surface area contributed by atoms with Crippen LogP contribution in [-0.4, -0.2) is 23.0 Å². The van der Waals surface area contributed by atoms with Gasteiger partial charge in [0.15, 0.2) is 0 Å². The number of piperidine rings is 1. The zero-order valence-corrected chi connectivity index (χ0v) is 16.6. The van der Waals surface area contributed by atoms with Crippen molar-refractivity contribution in [3.8, 4) is 11.1 Å².